The fourth-order valence-corrected chi connectivity index (χ4v) is 2.82. The monoisotopic (exact) mass is 302 g/mol. The Morgan fingerprint density at radius 2 is 2.35 bits per heavy atom. The lowest BCUT2D eigenvalue weighted by Gasteiger charge is -2.36. The summed E-state index contributed by atoms with van der Waals surface area (Å²) in [6.45, 7) is 2.54. The van der Waals surface area contributed by atoms with E-state index in [2.05, 4.69) is 15.9 Å². The molecule has 17 heavy (non-hydrogen) atoms. The maximum atomic E-state index is 13.0. The van der Waals surface area contributed by atoms with Crippen molar-refractivity contribution in [2.24, 2.45) is 0 Å². The molecule has 0 aromatic heterocycles. The van der Waals surface area contributed by atoms with Gasteiger partial charge in [0.05, 0.1) is 11.7 Å². The van der Waals surface area contributed by atoms with Crippen LogP contribution in [0.25, 0.3) is 0 Å². The highest BCUT2D eigenvalue weighted by Gasteiger charge is 2.33. The van der Waals surface area contributed by atoms with Crippen molar-refractivity contribution in [3.8, 4) is 0 Å². The van der Waals surface area contributed by atoms with Gasteiger partial charge in [-0.3, -0.25) is 0 Å². The summed E-state index contributed by atoms with van der Waals surface area (Å²) in [7, 11) is 0. The van der Waals surface area contributed by atoms with Gasteiger partial charge in [0, 0.05) is 23.9 Å². The van der Waals surface area contributed by atoms with Crippen molar-refractivity contribution < 1.29 is 14.2 Å². The summed E-state index contributed by atoms with van der Waals surface area (Å²) in [6.07, 6.45) is 1.85. The Bertz CT molecular complexity index is 410. The molecule has 2 unspecified atom stereocenters. The van der Waals surface area contributed by atoms with E-state index in [0.717, 1.165) is 5.56 Å². The smallest absolute Gasteiger partial charge is 0.124 e. The molecule has 0 radical (unpaired) electrons. The molecular formula is C13H16BrFO2. The number of hydrogen-bond acceptors (Lipinski definition) is 2. The normalized spacial score (nSPS) is 29.3. The Morgan fingerprint density at radius 3 is 3.00 bits per heavy atom. The van der Waals surface area contributed by atoms with Gasteiger partial charge in [-0.25, -0.2) is 4.39 Å². The van der Waals surface area contributed by atoms with Crippen molar-refractivity contribution in [2.75, 3.05) is 6.61 Å². The van der Waals surface area contributed by atoms with E-state index in [4.69, 9.17) is 4.74 Å². The molecule has 0 aliphatic carbocycles. The van der Waals surface area contributed by atoms with Gasteiger partial charge in [-0.15, -0.1) is 0 Å². The molecule has 1 aliphatic rings. The van der Waals surface area contributed by atoms with Crippen molar-refractivity contribution in [2.45, 2.75) is 37.9 Å². The highest BCUT2D eigenvalue weighted by molar-refractivity contribution is 9.10. The second-order valence-electron chi connectivity index (χ2n) is 4.77. The van der Waals surface area contributed by atoms with Crippen molar-refractivity contribution in [1.82, 2.24) is 0 Å². The van der Waals surface area contributed by atoms with Crippen LogP contribution in [0.1, 0.15) is 25.3 Å². The van der Waals surface area contributed by atoms with Gasteiger partial charge in [0.1, 0.15) is 5.82 Å². The first-order valence-electron chi connectivity index (χ1n) is 5.76. The van der Waals surface area contributed by atoms with Crippen LogP contribution in [0.3, 0.4) is 0 Å². The van der Waals surface area contributed by atoms with Gasteiger partial charge in [0.25, 0.3) is 0 Å². The molecule has 1 aromatic carbocycles. The van der Waals surface area contributed by atoms with Crippen LogP contribution in [0, 0.1) is 5.82 Å². The zero-order chi connectivity index (χ0) is 12.5. The molecule has 0 bridgehead atoms. The van der Waals surface area contributed by atoms with E-state index in [1.54, 1.807) is 6.07 Å². The van der Waals surface area contributed by atoms with Crippen LogP contribution in [0.5, 0.6) is 0 Å². The predicted molar refractivity (Wildman–Crippen MR) is 67.4 cm³/mol. The van der Waals surface area contributed by atoms with Gasteiger partial charge >= 0.3 is 0 Å². The largest absolute Gasteiger partial charge is 0.389 e. The van der Waals surface area contributed by atoms with Crippen LogP contribution in [0.15, 0.2) is 22.7 Å². The molecule has 4 heteroatoms. The number of hydrogen-bond donors (Lipinski definition) is 1. The Hall–Kier alpha value is -0.450. The van der Waals surface area contributed by atoms with Crippen LogP contribution in [-0.4, -0.2) is 23.4 Å². The van der Waals surface area contributed by atoms with Gasteiger partial charge in [-0.1, -0.05) is 22.0 Å². The minimum Gasteiger partial charge on any atom is -0.389 e. The van der Waals surface area contributed by atoms with Crippen molar-refractivity contribution >= 4 is 15.9 Å². The van der Waals surface area contributed by atoms with Crippen LogP contribution in [-0.2, 0) is 11.2 Å². The lowest BCUT2D eigenvalue weighted by molar-refractivity contribution is -0.0961. The Morgan fingerprint density at radius 1 is 1.59 bits per heavy atom. The quantitative estimate of drug-likeness (QED) is 0.910. The average Bonchev–Trinajstić information content (AvgIpc) is 2.22. The predicted octanol–water partition coefficient (Wildman–Crippen LogP) is 3.06. The topological polar surface area (TPSA) is 29.5 Å². The summed E-state index contributed by atoms with van der Waals surface area (Å²) >= 11 is 3.33. The Kier molecular flexibility index (Phi) is 3.85. The van der Waals surface area contributed by atoms with Crippen molar-refractivity contribution in [3.63, 3.8) is 0 Å². The van der Waals surface area contributed by atoms with Gasteiger partial charge < -0.3 is 9.84 Å². The number of ether oxygens (including phenoxy) is 1. The zero-order valence-corrected chi connectivity index (χ0v) is 11.3. The minimum absolute atomic E-state index is 0.0768. The molecule has 94 valence electrons. The molecule has 0 amide bonds. The summed E-state index contributed by atoms with van der Waals surface area (Å²) in [4.78, 5) is 0. The third-order valence-electron chi connectivity index (χ3n) is 3.17. The van der Waals surface area contributed by atoms with E-state index in [1.165, 1.54) is 12.1 Å². The number of rotatable bonds is 2. The molecule has 2 atom stereocenters. The SMILES string of the molecule is CC1CC(O)(Cc2ccc(F)cc2Br)CCO1. The standard InChI is InChI=1S/C13H16BrFO2/c1-9-7-13(16,4-5-17-9)8-10-2-3-11(15)6-12(10)14/h2-3,6,9,16H,4-5,7-8H2,1H3. The summed E-state index contributed by atoms with van der Waals surface area (Å²) in [5, 5.41) is 10.5. The van der Waals surface area contributed by atoms with Crippen LogP contribution in [0.4, 0.5) is 4.39 Å². The molecule has 2 rings (SSSR count). The molecule has 1 heterocycles. The molecule has 1 saturated heterocycles. The maximum Gasteiger partial charge on any atom is 0.124 e. The first kappa shape index (κ1) is 13.0. The summed E-state index contributed by atoms with van der Waals surface area (Å²) in [5.74, 6) is -0.270. The Labute approximate surface area is 109 Å². The molecule has 2 nitrogen and oxygen atoms in total. The highest BCUT2D eigenvalue weighted by atomic mass is 79.9. The summed E-state index contributed by atoms with van der Waals surface area (Å²) in [5.41, 5.74) is 0.195. The van der Waals surface area contributed by atoms with Crippen LogP contribution >= 0.6 is 15.9 Å². The molecule has 1 N–H and O–H groups in total. The second-order valence-corrected chi connectivity index (χ2v) is 5.63. The lowest BCUT2D eigenvalue weighted by atomic mass is 9.85. The van der Waals surface area contributed by atoms with Gasteiger partial charge in [0.2, 0.25) is 0 Å². The Balaban J connectivity index is 2.14. The van der Waals surface area contributed by atoms with E-state index < -0.39 is 5.60 Å². The van der Waals surface area contributed by atoms with Gasteiger partial charge in [-0.05, 0) is 31.0 Å². The van der Waals surface area contributed by atoms with Crippen molar-refractivity contribution in [1.29, 1.82) is 0 Å². The van der Waals surface area contributed by atoms with Gasteiger partial charge in [-0.2, -0.15) is 0 Å². The van der Waals surface area contributed by atoms with Crippen LogP contribution in [0.2, 0.25) is 0 Å². The number of benzene rings is 1. The summed E-state index contributed by atoms with van der Waals surface area (Å²) in [6, 6.07) is 4.57. The molecular weight excluding hydrogens is 287 g/mol. The summed E-state index contributed by atoms with van der Waals surface area (Å²) < 4.78 is 19.1. The molecule has 0 saturated carbocycles. The second kappa shape index (κ2) is 5.04. The van der Waals surface area contributed by atoms with E-state index in [-0.39, 0.29) is 11.9 Å². The molecule has 1 fully saturated rings. The fourth-order valence-electron chi connectivity index (χ4n) is 2.33. The third-order valence-corrected chi connectivity index (χ3v) is 3.91. The van der Waals surface area contributed by atoms with Crippen LogP contribution < -0.4 is 0 Å². The highest BCUT2D eigenvalue weighted by Crippen LogP contribution is 2.31. The fraction of sp³-hybridized carbons (Fsp3) is 0.538. The van der Waals surface area contributed by atoms with E-state index in [1.807, 2.05) is 6.92 Å². The number of aliphatic hydroxyl groups is 1. The third kappa shape index (κ3) is 3.27. The zero-order valence-electron chi connectivity index (χ0n) is 9.75. The minimum atomic E-state index is -0.738. The van der Waals surface area contributed by atoms with Crippen molar-refractivity contribution in [3.05, 3.63) is 34.1 Å². The van der Waals surface area contributed by atoms with E-state index in [9.17, 15) is 9.50 Å². The number of halogens is 2. The van der Waals surface area contributed by atoms with E-state index >= 15 is 0 Å². The lowest BCUT2D eigenvalue weighted by Crippen LogP contribution is -2.41. The maximum absolute atomic E-state index is 13.0. The first-order chi connectivity index (χ1) is 7.98. The molecule has 0 spiro atoms. The average molecular weight is 303 g/mol. The molecule has 1 aliphatic heterocycles. The van der Waals surface area contributed by atoms with E-state index in [0.29, 0.717) is 30.3 Å². The first-order valence-corrected chi connectivity index (χ1v) is 6.56. The van der Waals surface area contributed by atoms with Gasteiger partial charge in [0.15, 0.2) is 0 Å². The molecule has 1 aromatic rings.